The third-order valence-corrected chi connectivity index (χ3v) is 4.43. The van der Waals surface area contributed by atoms with Gasteiger partial charge < -0.3 is 9.73 Å². The van der Waals surface area contributed by atoms with Crippen molar-refractivity contribution in [1.82, 2.24) is 9.88 Å². The van der Waals surface area contributed by atoms with Crippen LogP contribution in [0, 0.1) is 10.1 Å². The number of nitro groups is 1. The SMILES string of the molecule is CCC(NC(=O)Cn1c(=O)oc2cc([N+](=O)[O-])ccc21)c1ccc(Cl)cc1. The van der Waals surface area contributed by atoms with E-state index in [4.69, 9.17) is 16.0 Å². The van der Waals surface area contributed by atoms with E-state index in [-0.39, 0.29) is 29.8 Å². The monoisotopic (exact) mass is 389 g/mol. The van der Waals surface area contributed by atoms with Gasteiger partial charge in [-0.1, -0.05) is 30.7 Å². The third kappa shape index (κ3) is 4.01. The predicted molar refractivity (Wildman–Crippen MR) is 99.8 cm³/mol. The molecule has 1 N–H and O–H groups in total. The van der Waals surface area contributed by atoms with Crippen molar-refractivity contribution >= 4 is 34.3 Å². The Balaban J connectivity index is 1.81. The number of hydrogen-bond donors (Lipinski definition) is 1. The maximum Gasteiger partial charge on any atom is 0.420 e. The Morgan fingerprint density at radius 1 is 1.30 bits per heavy atom. The van der Waals surface area contributed by atoms with Crippen molar-refractivity contribution < 1.29 is 14.1 Å². The summed E-state index contributed by atoms with van der Waals surface area (Å²) >= 11 is 5.89. The van der Waals surface area contributed by atoms with Crippen molar-refractivity contribution in [1.29, 1.82) is 0 Å². The number of nitrogens with one attached hydrogen (secondary N) is 1. The van der Waals surface area contributed by atoms with E-state index in [1.807, 2.05) is 19.1 Å². The fourth-order valence-electron chi connectivity index (χ4n) is 2.82. The summed E-state index contributed by atoms with van der Waals surface area (Å²) in [7, 11) is 0. The lowest BCUT2D eigenvalue weighted by Crippen LogP contribution is -2.33. The number of rotatable bonds is 6. The van der Waals surface area contributed by atoms with Crippen molar-refractivity contribution in [2.45, 2.75) is 25.9 Å². The van der Waals surface area contributed by atoms with E-state index in [1.165, 1.54) is 12.1 Å². The average molecular weight is 390 g/mol. The molecule has 2 aromatic carbocycles. The van der Waals surface area contributed by atoms with Crippen LogP contribution in [0.1, 0.15) is 24.9 Å². The van der Waals surface area contributed by atoms with E-state index in [0.717, 1.165) is 16.2 Å². The quantitative estimate of drug-likeness (QED) is 0.513. The highest BCUT2D eigenvalue weighted by Gasteiger charge is 2.18. The van der Waals surface area contributed by atoms with Gasteiger partial charge in [0.25, 0.3) is 5.69 Å². The Morgan fingerprint density at radius 3 is 2.63 bits per heavy atom. The van der Waals surface area contributed by atoms with Gasteiger partial charge in [-0.25, -0.2) is 4.79 Å². The van der Waals surface area contributed by atoms with Crippen LogP contribution in [0.3, 0.4) is 0 Å². The highest BCUT2D eigenvalue weighted by atomic mass is 35.5. The molecule has 0 fully saturated rings. The Hall–Kier alpha value is -3.13. The first-order chi connectivity index (χ1) is 12.9. The molecule has 1 aromatic heterocycles. The normalized spacial score (nSPS) is 12.1. The molecule has 1 atom stereocenters. The smallest absolute Gasteiger partial charge is 0.407 e. The molecule has 0 aliphatic carbocycles. The molecule has 140 valence electrons. The van der Waals surface area contributed by atoms with Crippen molar-refractivity contribution in [2.24, 2.45) is 0 Å². The summed E-state index contributed by atoms with van der Waals surface area (Å²) in [6.45, 7) is 1.67. The van der Waals surface area contributed by atoms with Crippen LogP contribution in [0.4, 0.5) is 5.69 Å². The lowest BCUT2D eigenvalue weighted by Gasteiger charge is -2.17. The van der Waals surface area contributed by atoms with Gasteiger partial charge in [0.05, 0.1) is 22.5 Å². The lowest BCUT2D eigenvalue weighted by atomic mass is 10.0. The first-order valence-corrected chi connectivity index (χ1v) is 8.59. The second kappa shape index (κ2) is 7.63. The number of fused-ring (bicyclic) bond motifs is 1. The van der Waals surface area contributed by atoms with E-state index < -0.39 is 10.7 Å². The molecule has 1 amide bonds. The van der Waals surface area contributed by atoms with Crippen molar-refractivity contribution in [2.75, 3.05) is 0 Å². The number of carbonyl (C=O) groups excluding carboxylic acids is 1. The Morgan fingerprint density at radius 2 is 2.00 bits per heavy atom. The third-order valence-electron chi connectivity index (χ3n) is 4.18. The minimum atomic E-state index is -0.750. The summed E-state index contributed by atoms with van der Waals surface area (Å²) in [4.78, 5) is 34.7. The minimum Gasteiger partial charge on any atom is -0.407 e. The molecule has 0 radical (unpaired) electrons. The van der Waals surface area contributed by atoms with Crippen LogP contribution in [0.2, 0.25) is 5.02 Å². The average Bonchev–Trinajstić information content (AvgIpc) is 2.95. The fourth-order valence-corrected chi connectivity index (χ4v) is 2.94. The van der Waals surface area contributed by atoms with E-state index >= 15 is 0 Å². The minimum absolute atomic E-state index is 0.0618. The number of benzene rings is 2. The second-order valence-electron chi connectivity index (χ2n) is 5.94. The molecular formula is C18H16ClN3O5. The number of oxazole rings is 1. The van der Waals surface area contributed by atoms with Gasteiger partial charge in [0.2, 0.25) is 5.91 Å². The summed E-state index contributed by atoms with van der Waals surface area (Å²) < 4.78 is 6.17. The van der Waals surface area contributed by atoms with Crippen LogP contribution < -0.4 is 11.1 Å². The Kier molecular flexibility index (Phi) is 5.27. The molecule has 0 bridgehead atoms. The van der Waals surface area contributed by atoms with Crippen LogP contribution in [-0.2, 0) is 11.3 Å². The number of aromatic nitrogens is 1. The molecule has 0 spiro atoms. The zero-order valence-electron chi connectivity index (χ0n) is 14.3. The molecule has 9 heteroatoms. The molecule has 27 heavy (non-hydrogen) atoms. The number of nitrogens with zero attached hydrogens (tertiary/aromatic N) is 2. The van der Waals surface area contributed by atoms with Crippen LogP contribution >= 0.6 is 11.6 Å². The maximum atomic E-state index is 12.4. The van der Waals surface area contributed by atoms with Crippen LogP contribution in [0.25, 0.3) is 11.1 Å². The number of halogens is 1. The van der Waals surface area contributed by atoms with E-state index in [9.17, 15) is 19.7 Å². The van der Waals surface area contributed by atoms with Gasteiger partial charge >= 0.3 is 5.76 Å². The lowest BCUT2D eigenvalue weighted by molar-refractivity contribution is -0.384. The van der Waals surface area contributed by atoms with Gasteiger partial charge in [-0.2, -0.15) is 0 Å². The number of hydrogen-bond acceptors (Lipinski definition) is 5. The molecule has 0 aliphatic rings. The van der Waals surface area contributed by atoms with Crippen molar-refractivity contribution in [3.8, 4) is 0 Å². The number of non-ortho nitro benzene ring substituents is 1. The number of nitro benzene ring substituents is 1. The van der Waals surface area contributed by atoms with Crippen molar-refractivity contribution in [3.63, 3.8) is 0 Å². The number of carbonyl (C=O) groups is 1. The summed E-state index contributed by atoms with van der Waals surface area (Å²) in [6.07, 6.45) is 0.653. The van der Waals surface area contributed by atoms with Gasteiger partial charge in [-0.05, 0) is 30.2 Å². The molecule has 1 unspecified atom stereocenters. The zero-order chi connectivity index (χ0) is 19.6. The fraction of sp³-hybridized carbons (Fsp3) is 0.222. The van der Waals surface area contributed by atoms with Gasteiger partial charge in [0, 0.05) is 11.1 Å². The summed E-state index contributed by atoms with van der Waals surface area (Å²) in [5.41, 5.74) is 1.09. The van der Waals surface area contributed by atoms with Gasteiger partial charge in [0.15, 0.2) is 5.58 Å². The summed E-state index contributed by atoms with van der Waals surface area (Å²) in [6, 6.07) is 10.7. The first-order valence-electron chi connectivity index (χ1n) is 8.21. The van der Waals surface area contributed by atoms with Crippen LogP contribution in [0.15, 0.2) is 51.7 Å². The summed E-state index contributed by atoms with van der Waals surface area (Å²) in [5, 5.41) is 14.3. The first kappa shape index (κ1) is 18.7. The molecule has 0 saturated heterocycles. The van der Waals surface area contributed by atoms with Gasteiger partial charge in [0.1, 0.15) is 6.54 Å². The van der Waals surface area contributed by atoms with E-state index in [2.05, 4.69) is 5.32 Å². The molecular weight excluding hydrogens is 374 g/mol. The van der Waals surface area contributed by atoms with E-state index in [1.54, 1.807) is 12.1 Å². The van der Waals surface area contributed by atoms with E-state index in [0.29, 0.717) is 17.0 Å². The molecule has 3 rings (SSSR count). The topological polar surface area (TPSA) is 107 Å². The van der Waals surface area contributed by atoms with Crippen LogP contribution in [0.5, 0.6) is 0 Å². The molecule has 0 saturated carbocycles. The van der Waals surface area contributed by atoms with Gasteiger partial charge in [-0.3, -0.25) is 19.5 Å². The largest absolute Gasteiger partial charge is 0.420 e. The number of amides is 1. The van der Waals surface area contributed by atoms with Gasteiger partial charge in [-0.15, -0.1) is 0 Å². The maximum absolute atomic E-state index is 12.4. The summed E-state index contributed by atoms with van der Waals surface area (Å²) in [5.74, 6) is -1.12. The second-order valence-corrected chi connectivity index (χ2v) is 6.38. The predicted octanol–water partition coefficient (Wildman–Crippen LogP) is 3.42. The highest BCUT2D eigenvalue weighted by molar-refractivity contribution is 6.30. The Labute approximate surface area is 158 Å². The molecule has 8 nitrogen and oxygen atoms in total. The van der Waals surface area contributed by atoms with Crippen LogP contribution in [-0.4, -0.2) is 15.4 Å². The molecule has 0 aliphatic heterocycles. The Bertz CT molecular complexity index is 1060. The van der Waals surface area contributed by atoms with Crippen molar-refractivity contribution in [3.05, 3.63) is 73.7 Å². The molecule has 3 aromatic rings. The zero-order valence-corrected chi connectivity index (χ0v) is 15.1. The highest BCUT2D eigenvalue weighted by Crippen LogP contribution is 2.21. The molecule has 1 heterocycles. The standard InChI is InChI=1S/C18H16ClN3O5/c1-2-14(11-3-5-12(19)6-4-11)20-17(23)10-21-15-8-7-13(22(25)26)9-16(15)27-18(21)24/h3-9,14H,2,10H2,1H3,(H,20,23).